The van der Waals surface area contributed by atoms with Gasteiger partial charge in [0.2, 0.25) is 26.0 Å². The van der Waals surface area contributed by atoms with E-state index in [0.29, 0.717) is 24.5 Å². The smallest absolute Gasteiger partial charge is 0.245 e. The monoisotopic (exact) mass is 525 g/mol. The van der Waals surface area contributed by atoms with Crippen molar-refractivity contribution < 1.29 is 31.1 Å². The molecule has 0 radical (unpaired) electrons. The number of ether oxygens (including phenoxy) is 2. The standard InChI is InChI=1S/C23H31N3O7S2/c1-32-19-10-13-21(22(16-19)33-2)26(34(3,28)29)17-23(27)24-18-8-11-20(12-9-18)35(30,31)25-14-6-4-5-7-15-25/h8-13,16H,4-7,14-15,17H2,1-3H3,(H,24,27). The third-order valence-electron chi connectivity index (χ3n) is 5.68. The first-order chi connectivity index (χ1) is 16.6. The van der Waals surface area contributed by atoms with Gasteiger partial charge >= 0.3 is 0 Å². The Bertz CT molecular complexity index is 1240. The summed E-state index contributed by atoms with van der Waals surface area (Å²) >= 11 is 0. The fourth-order valence-electron chi connectivity index (χ4n) is 3.84. The molecule has 0 bridgehead atoms. The summed E-state index contributed by atoms with van der Waals surface area (Å²) in [6.45, 7) is 0.489. The molecule has 1 saturated heterocycles. The molecule has 0 aromatic heterocycles. The predicted molar refractivity (Wildman–Crippen MR) is 134 cm³/mol. The molecule has 1 amide bonds. The van der Waals surface area contributed by atoms with Gasteiger partial charge in [-0.3, -0.25) is 9.10 Å². The van der Waals surface area contributed by atoms with Crippen LogP contribution in [-0.4, -0.2) is 67.2 Å². The summed E-state index contributed by atoms with van der Waals surface area (Å²) in [6, 6.07) is 10.4. The maximum Gasteiger partial charge on any atom is 0.245 e. The number of rotatable bonds is 9. The number of nitrogens with one attached hydrogen (secondary N) is 1. The highest BCUT2D eigenvalue weighted by Gasteiger charge is 2.26. The van der Waals surface area contributed by atoms with Crippen LogP contribution in [0.5, 0.6) is 11.5 Å². The Labute approximate surface area is 206 Å². The van der Waals surface area contributed by atoms with E-state index in [1.54, 1.807) is 6.07 Å². The minimum absolute atomic E-state index is 0.151. The predicted octanol–water partition coefficient (Wildman–Crippen LogP) is 2.67. The van der Waals surface area contributed by atoms with E-state index in [0.717, 1.165) is 36.2 Å². The molecule has 35 heavy (non-hydrogen) atoms. The zero-order chi connectivity index (χ0) is 25.6. The first kappa shape index (κ1) is 26.8. The van der Waals surface area contributed by atoms with Crippen LogP contribution in [0.4, 0.5) is 11.4 Å². The molecule has 1 aliphatic rings. The van der Waals surface area contributed by atoms with E-state index in [1.807, 2.05) is 0 Å². The van der Waals surface area contributed by atoms with Crippen molar-refractivity contribution in [3.05, 3.63) is 42.5 Å². The number of sulfonamides is 2. The van der Waals surface area contributed by atoms with E-state index in [9.17, 15) is 21.6 Å². The summed E-state index contributed by atoms with van der Waals surface area (Å²) in [5.74, 6) is 0.0980. The van der Waals surface area contributed by atoms with Crippen LogP contribution in [0.1, 0.15) is 25.7 Å². The third-order valence-corrected chi connectivity index (χ3v) is 8.72. The number of nitrogens with zero attached hydrogens (tertiary/aromatic N) is 2. The molecule has 2 aromatic rings. The Morgan fingerprint density at radius 1 is 0.943 bits per heavy atom. The van der Waals surface area contributed by atoms with Crippen molar-refractivity contribution in [3.8, 4) is 11.5 Å². The van der Waals surface area contributed by atoms with Gasteiger partial charge in [0.15, 0.2) is 0 Å². The summed E-state index contributed by atoms with van der Waals surface area (Å²) in [5, 5.41) is 2.62. The Morgan fingerprint density at radius 2 is 1.57 bits per heavy atom. The number of amides is 1. The Balaban J connectivity index is 1.75. The first-order valence-corrected chi connectivity index (χ1v) is 14.4. The average Bonchev–Trinajstić information content (AvgIpc) is 3.12. The van der Waals surface area contributed by atoms with Crippen LogP contribution in [0.25, 0.3) is 0 Å². The molecule has 1 aliphatic heterocycles. The van der Waals surface area contributed by atoms with E-state index in [4.69, 9.17) is 9.47 Å². The highest BCUT2D eigenvalue weighted by atomic mass is 32.2. The summed E-state index contributed by atoms with van der Waals surface area (Å²) in [4.78, 5) is 12.9. The lowest BCUT2D eigenvalue weighted by Crippen LogP contribution is -2.37. The number of carbonyl (C=O) groups excluding carboxylic acids is 1. The normalized spacial score (nSPS) is 15.2. The highest BCUT2D eigenvalue weighted by molar-refractivity contribution is 7.92. The van der Waals surface area contributed by atoms with Crippen molar-refractivity contribution in [2.75, 3.05) is 49.7 Å². The zero-order valence-electron chi connectivity index (χ0n) is 20.1. The third kappa shape index (κ3) is 6.65. The van der Waals surface area contributed by atoms with Crippen LogP contribution in [0.15, 0.2) is 47.4 Å². The van der Waals surface area contributed by atoms with E-state index in [2.05, 4.69) is 5.32 Å². The molecule has 10 nitrogen and oxygen atoms in total. The molecule has 0 aliphatic carbocycles. The van der Waals surface area contributed by atoms with Crippen LogP contribution >= 0.6 is 0 Å². The molecular weight excluding hydrogens is 494 g/mol. The number of hydrogen-bond donors (Lipinski definition) is 1. The molecule has 0 saturated carbocycles. The quantitative estimate of drug-likeness (QED) is 0.534. The largest absolute Gasteiger partial charge is 0.497 e. The lowest BCUT2D eigenvalue weighted by Gasteiger charge is -2.24. The number of carbonyl (C=O) groups is 1. The second-order valence-corrected chi connectivity index (χ2v) is 12.0. The maximum absolute atomic E-state index is 12.9. The van der Waals surface area contributed by atoms with Gasteiger partial charge < -0.3 is 14.8 Å². The molecule has 1 N–H and O–H groups in total. The van der Waals surface area contributed by atoms with E-state index < -0.39 is 32.5 Å². The number of anilines is 2. The van der Waals surface area contributed by atoms with Gasteiger partial charge in [-0.1, -0.05) is 12.8 Å². The fraction of sp³-hybridized carbons (Fsp3) is 0.435. The van der Waals surface area contributed by atoms with E-state index >= 15 is 0 Å². The number of benzene rings is 2. The van der Waals surface area contributed by atoms with Gasteiger partial charge in [-0.25, -0.2) is 16.8 Å². The second-order valence-electron chi connectivity index (χ2n) is 8.20. The van der Waals surface area contributed by atoms with Gasteiger partial charge in [0.1, 0.15) is 18.0 Å². The van der Waals surface area contributed by atoms with Gasteiger partial charge in [-0.15, -0.1) is 0 Å². The van der Waals surface area contributed by atoms with Crippen LogP contribution in [0, 0.1) is 0 Å². The second kappa shape index (κ2) is 11.3. The van der Waals surface area contributed by atoms with Crippen molar-refractivity contribution in [2.24, 2.45) is 0 Å². The topological polar surface area (TPSA) is 122 Å². The lowest BCUT2D eigenvalue weighted by atomic mass is 10.2. The molecule has 192 valence electrons. The Hall–Kier alpha value is -2.83. The van der Waals surface area contributed by atoms with Crippen molar-refractivity contribution in [1.29, 1.82) is 0 Å². The van der Waals surface area contributed by atoms with Crippen molar-refractivity contribution in [3.63, 3.8) is 0 Å². The van der Waals surface area contributed by atoms with E-state index in [-0.39, 0.29) is 16.3 Å². The van der Waals surface area contributed by atoms with Gasteiger partial charge in [0.25, 0.3) is 0 Å². The summed E-state index contributed by atoms with van der Waals surface area (Å²) < 4.78 is 63.7. The average molecular weight is 526 g/mol. The maximum atomic E-state index is 12.9. The summed E-state index contributed by atoms with van der Waals surface area (Å²) in [5.41, 5.74) is 0.532. The molecule has 0 spiro atoms. The molecule has 2 aromatic carbocycles. The van der Waals surface area contributed by atoms with Gasteiger partial charge in [-0.2, -0.15) is 4.31 Å². The van der Waals surface area contributed by atoms with Crippen molar-refractivity contribution in [2.45, 2.75) is 30.6 Å². The minimum Gasteiger partial charge on any atom is -0.497 e. The fourth-order valence-corrected chi connectivity index (χ4v) is 6.22. The molecular formula is C23H31N3O7S2. The highest BCUT2D eigenvalue weighted by Crippen LogP contribution is 2.33. The Kier molecular flexibility index (Phi) is 8.62. The molecule has 1 heterocycles. The van der Waals surface area contributed by atoms with Gasteiger partial charge in [0, 0.05) is 24.8 Å². The first-order valence-electron chi connectivity index (χ1n) is 11.2. The van der Waals surface area contributed by atoms with Crippen LogP contribution < -0.4 is 19.1 Å². The molecule has 3 rings (SSSR count). The lowest BCUT2D eigenvalue weighted by molar-refractivity contribution is -0.114. The Morgan fingerprint density at radius 3 is 2.11 bits per heavy atom. The van der Waals surface area contributed by atoms with Gasteiger partial charge in [0.05, 0.1) is 31.1 Å². The molecule has 0 atom stereocenters. The molecule has 12 heteroatoms. The number of methoxy groups -OCH3 is 2. The summed E-state index contributed by atoms with van der Waals surface area (Å²) in [6.07, 6.45) is 4.70. The van der Waals surface area contributed by atoms with Crippen LogP contribution in [0.2, 0.25) is 0 Å². The van der Waals surface area contributed by atoms with Crippen molar-refractivity contribution in [1.82, 2.24) is 4.31 Å². The number of hydrogen-bond acceptors (Lipinski definition) is 7. The summed E-state index contributed by atoms with van der Waals surface area (Å²) in [7, 11) is -4.58. The van der Waals surface area contributed by atoms with Crippen LogP contribution in [0.3, 0.4) is 0 Å². The minimum atomic E-state index is -3.83. The van der Waals surface area contributed by atoms with Crippen molar-refractivity contribution >= 4 is 37.3 Å². The van der Waals surface area contributed by atoms with Crippen LogP contribution in [-0.2, 0) is 24.8 Å². The zero-order valence-corrected chi connectivity index (χ0v) is 21.7. The SMILES string of the molecule is COc1ccc(N(CC(=O)Nc2ccc(S(=O)(=O)N3CCCCCC3)cc2)S(C)(=O)=O)c(OC)c1. The molecule has 1 fully saturated rings. The van der Waals surface area contributed by atoms with Gasteiger partial charge in [-0.05, 0) is 49.2 Å². The molecule has 0 unspecified atom stereocenters. The van der Waals surface area contributed by atoms with E-state index in [1.165, 1.54) is 54.9 Å².